The van der Waals surface area contributed by atoms with E-state index in [0.29, 0.717) is 69.4 Å². The maximum atomic E-state index is 11.3. The Hall–Kier alpha value is -10.6. The molecule has 9 amide bonds. The van der Waals surface area contributed by atoms with Gasteiger partial charge in [0, 0.05) is 136 Å². The molecule has 598 valence electrons. The Labute approximate surface area is 648 Å². The fourth-order valence-corrected chi connectivity index (χ4v) is 7.18. The van der Waals surface area contributed by atoms with Crippen molar-refractivity contribution in [2.24, 2.45) is 5.41 Å². The van der Waals surface area contributed by atoms with Crippen molar-refractivity contribution in [2.45, 2.75) is 173 Å². The van der Waals surface area contributed by atoms with Crippen LogP contribution in [-0.4, -0.2) is 172 Å². The lowest BCUT2D eigenvalue weighted by Gasteiger charge is -2.14. The predicted octanol–water partition coefficient (Wildman–Crippen LogP) is 13.6. The number of amides is 9. The second-order valence-corrected chi connectivity index (χ2v) is 25.7. The number of carbonyl (C=O) groups is 8. The molecule has 0 bridgehead atoms. The summed E-state index contributed by atoms with van der Waals surface area (Å²) in [6.45, 7) is 37.2. The number of thioether (sulfide) groups is 1. The van der Waals surface area contributed by atoms with Gasteiger partial charge < -0.3 is 71.0 Å². The lowest BCUT2D eigenvalue weighted by molar-refractivity contribution is -0.120. The molecule has 1 aliphatic carbocycles. The number of terminal acetylenes is 1. The largest absolute Gasteiger partial charge is 0.459 e. The highest BCUT2D eigenvalue weighted by Crippen LogP contribution is 2.43. The van der Waals surface area contributed by atoms with E-state index in [-0.39, 0.29) is 53.8 Å². The van der Waals surface area contributed by atoms with Crippen molar-refractivity contribution in [3.63, 3.8) is 0 Å². The quantitative estimate of drug-likeness (QED) is 0.0194. The number of hydrogen-bond acceptors (Lipinski definition) is 17. The number of urea groups is 1. The zero-order chi connectivity index (χ0) is 82.4. The molecular weight excluding hydrogens is 1390 g/mol. The Morgan fingerprint density at radius 2 is 1.10 bits per heavy atom. The smallest absolute Gasteiger partial charge is 0.409 e. The van der Waals surface area contributed by atoms with E-state index in [1.165, 1.54) is 42.8 Å². The van der Waals surface area contributed by atoms with Crippen molar-refractivity contribution < 1.29 is 57.4 Å². The molecule has 1 fully saturated rings. The molecule has 0 saturated heterocycles. The number of nitrogens with one attached hydrogen (secondary N) is 8. The first-order valence-electron chi connectivity index (χ1n) is 35.9. The summed E-state index contributed by atoms with van der Waals surface area (Å²) in [7, 11) is 5.14. The Morgan fingerprint density at radius 1 is 0.630 bits per heavy atom. The summed E-state index contributed by atoms with van der Waals surface area (Å²) >= 11 is 1.65. The molecule has 0 aliphatic heterocycles. The van der Waals surface area contributed by atoms with Crippen molar-refractivity contribution in [1.82, 2.24) is 71.9 Å². The first-order chi connectivity index (χ1) is 51.3. The van der Waals surface area contributed by atoms with Gasteiger partial charge in [0.15, 0.2) is 10.9 Å². The minimum absolute atomic E-state index is 0.00187. The number of rotatable bonds is 20. The zero-order valence-corrected chi connectivity index (χ0v) is 68.5. The fraction of sp³-hybridized carbons (Fsp3) is 0.457. The van der Waals surface area contributed by atoms with Crippen LogP contribution in [0.15, 0.2) is 174 Å². The Bertz CT molecular complexity index is 3310. The molecule has 4 heterocycles. The normalized spacial score (nSPS) is 10.4. The van der Waals surface area contributed by atoms with E-state index in [2.05, 4.69) is 95.3 Å². The van der Waals surface area contributed by atoms with E-state index >= 15 is 0 Å². The summed E-state index contributed by atoms with van der Waals surface area (Å²) in [5.74, 6) is 3.45. The molecule has 0 radical (unpaired) electrons. The number of aromatic nitrogens is 5. The van der Waals surface area contributed by atoms with E-state index in [9.17, 15) is 38.4 Å². The number of hydrogen-bond donors (Lipinski definition) is 9. The molecule has 26 nitrogen and oxygen atoms in total. The second-order valence-electron chi connectivity index (χ2n) is 24.5. The van der Waals surface area contributed by atoms with E-state index in [1.54, 1.807) is 134 Å². The van der Waals surface area contributed by atoms with Gasteiger partial charge in [-0.3, -0.25) is 29.0 Å². The molecule has 0 spiro atoms. The van der Waals surface area contributed by atoms with E-state index in [0.717, 1.165) is 52.5 Å². The average molecular weight is 1520 g/mol. The summed E-state index contributed by atoms with van der Waals surface area (Å²) in [6, 6.07) is 37.2. The number of H-pyrrole nitrogens is 1. The number of furan rings is 1. The minimum atomic E-state index is -0.500. The van der Waals surface area contributed by atoms with Gasteiger partial charge >= 0.3 is 18.2 Å². The van der Waals surface area contributed by atoms with Gasteiger partial charge in [0.25, 0.3) is 17.7 Å². The van der Waals surface area contributed by atoms with Gasteiger partial charge in [-0.2, -0.15) is 0 Å². The van der Waals surface area contributed by atoms with Gasteiger partial charge in [-0.05, 0) is 160 Å². The van der Waals surface area contributed by atoms with Crippen molar-refractivity contribution in [2.75, 3.05) is 72.7 Å². The molecule has 0 unspecified atom stereocenters. The highest BCUT2D eigenvalue weighted by molar-refractivity contribution is 7.99. The summed E-state index contributed by atoms with van der Waals surface area (Å²) < 4.78 is 14.9. The van der Waals surface area contributed by atoms with Crippen LogP contribution in [0, 0.1) is 17.8 Å². The number of imidazole rings is 1. The van der Waals surface area contributed by atoms with Crippen molar-refractivity contribution >= 4 is 59.5 Å². The third-order valence-electron chi connectivity index (χ3n) is 12.2. The number of aromatic amines is 1. The van der Waals surface area contributed by atoms with E-state index < -0.39 is 5.60 Å². The van der Waals surface area contributed by atoms with Crippen LogP contribution in [-0.2, 0) is 38.7 Å². The highest BCUT2D eigenvalue weighted by atomic mass is 32.2. The van der Waals surface area contributed by atoms with E-state index in [4.69, 9.17) is 19.0 Å². The second kappa shape index (κ2) is 68.2. The molecule has 108 heavy (non-hydrogen) atoms. The summed E-state index contributed by atoms with van der Waals surface area (Å²) in [5, 5.41) is 28.0. The Balaban J connectivity index is -0.000000555. The van der Waals surface area contributed by atoms with Gasteiger partial charge in [-0.15, -0.1) is 12.3 Å². The van der Waals surface area contributed by atoms with Crippen LogP contribution in [0.2, 0.25) is 0 Å². The van der Waals surface area contributed by atoms with Gasteiger partial charge in [-0.1, -0.05) is 118 Å². The Kier molecular flexibility index (Phi) is 65.6. The van der Waals surface area contributed by atoms with Crippen LogP contribution < -0.4 is 37.2 Å². The number of ether oxygens (including phenoxy) is 2. The monoisotopic (exact) mass is 1520 g/mol. The van der Waals surface area contributed by atoms with Crippen molar-refractivity contribution in [3.8, 4) is 12.3 Å². The van der Waals surface area contributed by atoms with E-state index in [1.807, 2.05) is 140 Å². The maximum Gasteiger partial charge on any atom is 0.409 e. The van der Waals surface area contributed by atoms with Crippen molar-refractivity contribution in [1.29, 1.82) is 0 Å². The molecule has 27 heteroatoms. The number of nitrogens with zero attached hydrogens (tertiary/aromatic N) is 6. The number of alkyl carbamates (subject to hydrolysis) is 1. The van der Waals surface area contributed by atoms with Gasteiger partial charge in [0.1, 0.15) is 13.2 Å². The van der Waals surface area contributed by atoms with Gasteiger partial charge in [0.2, 0.25) is 11.8 Å². The molecule has 1 aliphatic rings. The molecule has 8 rings (SSSR count). The van der Waals surface area contributed by atoms with Crippen LogP contribution in [0.25, 0.3) is 0 Å². The number of pyridine rings is 1. The van der Waals surface area contributed by atoms with Gasteiger partial charge in [-0.25, -0.2) is 29.3 Å². The molecule has 9 N–H and O–H groups in total. The lowest BCUT2D eigenvalue weighted by atomic mass is 10.2. The zero-order valence-electron chi connectivity index (χ0n) is 67.7. The summed E-state index contributed by atoms with van der Waals surface area (Å²) in [6.07, 6.45) is 20.1. The SMILES string of the molecule is C#CC.CC(=O)N[C@H](C)Cc1cnc[nH]1.CC(C)(C)O.CC1(C)CC1.CCCNC(=O)OCc1ccccc1.CCN(C)C(=O)OCc1ccccc1.CCNC(=O)N(C)C.CCNC(=O)c1ccccc1.CCNC(=O)c1cccnc1.CCNC(=O)c1ccco1.CCNC(C)=O.CCSc1ncccn1. The topological polar surface area (TPSA) is 346 Å². The Morgan fingerprint density at radius 3 is 1.47 bits per heavy atom. The standard InChI is InChI=1S/2C11H15NO2.C9H11NO.C8H13N3O.C8H10N2O.C7H9NO2.C6H8N2S.C5H12N2O.C5H10.C4H9NO.C4H10O.C3H4/c1-3-12(2)11(13)14-9-10-7-5-4-6-8-10;1-2-8-12-11(13)14-9-10-6-4-3-5-7-10;1-2-10-9(11)8-6-4-3-5-7-8;1-6(11-7(2)12)3-8-4-9-5-10-8;1-2-10-8(11)7-4-3-5-9-6-7;1-2-8-7(9)6-4-3-5-10-6;1-2-9-6-7-4-3-5-8-6;1-4-6-5(8)7(2)3;1-5(2)3-4-5;1-3-5-4(2)6;1-4(2,3)5;1-3-2/h4-8H,3,9H2,1-2H3;3-7H,2,8-9H2,1H3,(H,12,13);3-7H,2H2,1H3,(H,10,11);4-6H,3H2,1-2H3,(H,9,10)(H,11,12);3-6H,2H2,1H3,(H,10,11);3-5H,2H2,1H3,(H,8,9);3-5H,2H2,1H3;4H2,1-3H3,(H,6,8);3-4H2,1-2H3;3H2,1-2H3,(H,5,6);5H,1-3H3;1H,2H3/t;;;6-;;;;;;;;/m...1......../s1. The average Bonchev–Trinajstić information content (AvgIpc) is 1.76. The van der Waals surface area contributed by atoms with Crippen LogP contribution in [0.3, 0.4) is 0 Å². The number of benzene rings is 3. The van der Waals surface area contributed by atoms with Crippen LogP contribution in [0.5, 0.6) is 0 Å². The first-order valence-corrected chi connectivity index (χ1v) is 36.9. The summed E-state index contributed by atoms with van der Waals surface area (Å²) in [5.41, 5.74) is 4.62. The van der Waals surface area contributed by atoms with Crippen molar-refractivity contribution in [3.05, 3.63) is 199 Å². The van der Waals surface area contributed by atoms with Crippen LogP contribution >= 0.6 is 11.8 Å². The molecule has 1 atom stereocenters. The van der Waals surface area contributed by atoms with Crippen LogP contribution in [0.1, 0.15) is 185 Å². The van der Waals surface area contributed by atoms with Gasteiger partial charge in [0.05, 0.1) is 23.8 Å². The lowest BCUT2D eigenvalue weighted by Crippen LogP contribution is -2.34. The van der Waals surface area contributed by atoms with Crippen LogP contribution in [0.4, 0.5) is 14.4 Å². The molecule has 1 saturated carbocycles. The molecule has 7 aromatic rings. The maximum absolute atomic E-state index is 11.3. The predicted molar refractivity (Wildman–Crippen MR) is 434 cm³/mol. The fourth-order valence-electron chi connectivity index (χ4n) is 6.65. The third kappa shape index (κ3) is 69.8. The molecule has 3 aromatic carbocycles. The molecular formula is C81H126N14O12S. The number of aliphatic hydroxyl groups is 1. The summed E-state index contributed by atoms with van der Waals surface area (Å²) in [4.78, 5) is 108. The highest BCUT2D eigenvalue weighted by Gasteiger charge is 2.30. The third-order valence-corrected chi connectivity index (χ3v) is 13.0. The minimum Gasteiger partial charge on any atom is -0.459 e. The first kappa shape index (κ1) is 104. The number of carbonyl (C=O) groups excluding carboxylic acids is 8. The molecule has 4 aromatic heterocycles.